The Morgan fingerprint density at radius 2 is 2.15 bits per heavy atom. The fraction of sp³-hybridized carbons (Fsp3) is 0.375. The van der Waals surface area contributed by atoms with Gasteiger partial charge >= 0.3 is 11.8 Å². The second kappa shape index (κ2) is 7.92. The van der Waals surface area contributed by atoms with Gasteiger partial charge < -0.3 is 24.1 Å². The molecule has 0 amide bonds. The van der Waals surface area contributed by atoms with Crippen LogP contribution in [0.3, 0.4) is 0 Å². The Morgan fingerprint density at radius 3 is 2.85 bits per heavy atom. The van der Waals surface area contributed by atoms with E-state index in [0.717, 1.165) is 0 Å². The van der Waals surface area contributed by atoms with Crippen molar-refractivity contribution < 1.29 is 27.5 Å². The molecule has 3 rings (SSSR count). The summed E-state index contributed by atoms with van der Waals surface area (Å²) < 4.78 is 52.2. The van der Waals surface area contributed by atoms with Gasteiger partial charge in [0.2, 0.25) is 0 Å². The largest absolute Gasteiger partial charge is 0.609 e. The van der Waals surface area contributed by atoms with E-state index in [2.05, 4.69) is 20.0 Å². The number of alkyl halides is 2. The average molecular weight is 385 g/mol. The molecule has 1 aliphatic carbocycles. The van der Waals surface area contributed by atoms with Crippen molar-refractivity contribution in [3.63, 3.8) is 0 Å². The summed E-state index contributed by atoms with van der Waals surface area (Å²) in [6, 6.07) is 0.942. The molecule has 2 aliphatic rings. The van der Waals surface area contributed by atoms with Crippen molar-refractivity contribution in [3.05, 3.63) is 41.9 Å². The zero-order valence-corrected chi connectivity index (χ0v) is 14.8. The van der Waals surface area contributed by atoms with Crippen molar-refractivity contribution in [3.8, 4) is 11.5 Å². The molecule has 0 saturated carbocycles. The molecule has 0 spiro atoms. The number of methoxy groups -OCH3 is 2. The third-order valence-corrected chi connectivity index (χ3v) is 4.99. The van der Waals surface area contributed by atoms with E-state index in [1.54, 1.807) is 12.1 Å². The van der Waals surface area contributed by atoms with Crippen LogP contribution in [0.4, 0.5) is 8.78 Å². The summed E-state index contributed by atoms with van der Waals surface area (Å²) in [6.07, 6.45) is 6.10. The highest BCUT2D eigenvalue weighted by atomic mass is 32.2. The van der Waals surface area contributed by atoms with Gasteiger partial charge in [0.25, 0.3) is 0 Å². The standard InChI is InChI=1S/C16H17F2N3O4S/c1-23-13-5-6-19-12(14(13)24-2)8-26(22)16-20-10-4-3-9(25-15(17)18)7-11(10)21-16/h3-7,10-11,15H,8H2,1-2H3,(H,20,21). The summed E-state index contributed by atoms with van der Waals surface area (Å²) in [5.41, 5.74) is 0.470. The van der Waals surface area contributed by atoms with E-state index >= 15 is 0 Å². The van der Waals surface area contributed by atoms with Gasteiger partial charge in [-0.3, -0.25) is 4.98 Å². The second-order valence-corrected chi connectivity index (χ2v) is 6.75. The Balaban J connectivity index is 1.73. The molecule has 1 aliphatic heterocycles. The first kappa shape index (κ1) is 18.5. The highest BCUT2D eigenvalue weighted by Gasteiger charge is 2.35. The van der Waals surface area contributed by atoms with Gasteiger partial charge in [0, 0.05) is 23.4 Å². The van der Waals surface area contributed by atoms with E-state index < -0.39 is 23.8 Å². The van der Waals surface area contributed by atoms with E-state index in [1.807, 2.05) is 0 Å². The number of hydrogen-bond acceptors (Lipinski definition) is 7. The van der Waals surface area contributed by atoms with Crippen LogP contribution in [-0.2, 0) is 21.7 Å². The first-order chi connectivity index (χ1) is 12.5. The van der Waals surface area contributed by atoms with Gasteiger partial charge in [-0.25, -0.2) is 4.99 Å². The van der Waals surface area contributed by atoms with E-state index in [-0.39, 0.29) is 22.7 Å². The summed E-state index contributed by atoms with van der Waals surface area (Å²) in [5, 5.41) is 3.30. The molecular formula is C16H17F2N3O4S. The molecule has 26 heavy (non-hydrogen) atoms. The Morgan fingerprint density at radius 1 is 1.35 bits per heavy atom. The molecule has 0 radical (unpaired) electrons. The lowest BCUT2D eigenvalue weighted by atomic mass is 10.0. The monoisotopic (exact) mass is 385 g/mol. The van der Waals surface area contributed by atoms with Crippen LogP contribution in [0.2, 0.25) is 0 Å². The number of fused-ring (bicyclic) bond motifs is 1. The molecular weight excluding hydrogens is 368 g/mol. The van der Waals surface area contributed by atoms with Gasteiger partial charge in [0.15, 0.2) is 17.3 Å². The predicted octanol–water partition coefficient (Wildman–Crippen LogP) is 1.74. The summed E-state index contributed by atoms with van der Waals surface area (Å²) in [4.78, 5) is 8.51. The van der Waals surface area contributed by atoms with Crippen LogP contribution < -0.4 is 14.8 Å². The minimum atomic E-state index is -2.90. The smallest absolute Gasteiger partial charge is 0.387 e. The maximum atomic E-state index is 12.7. The second-order valence-electron chi connectivity index (χ2n) is 5.38. The maximum Gasteiger partial charge on any atom is 0.387 e. The van der Waals surface area contributed by atoms with E-state index in [9.17, 15) is 13.3 Å². The Bertz CT molecular complexity index is 757. The van der Waals surface area contributed by atoms with Gasteiger partial charge in [0.1, 0.15) is 17.5 Å². The number of pyridine rings is 1. The molecule has 10 heteroatoms. The van der Waals surface area contributed by atoms with Gasteiger partial charge in [-0.05, 0) is 12.2 Å². The van der Waals surface area contributed by atoms with Crippen LogP contribution in [0, 0.1) is 0 Å². The normalized spacial score (nSPS) is 22.2. The van der Waals surface area contributed by atoms with Crippen molar-refractivity contribution in [1.29, 1.82) is 0 Å². The first-order valence-corrected chi connectivity index (χ1v) is 8.97. The summed E-state index contributed by atoms with van der Waals surface area (Å²) >= 11 is -1.52. The lowest BCUT2D eigenvalue weighted by Crippen LogP contribution is -2.37. The lowest BCUT2D eigenvalue weighted by molar-refractivity contribution is -0.0926. The van der Waals surface area contributed by atoms with Crippen molar-refractivity contribution >= 4 is 16.3 Å². The van der Waals surface area contributed by atoms with Crippen molar-refractivity contribution in [2.45, 2.75) is 24.4 Å². The van der Waals surface area contributed by atoms with Crippen LogP contribution in [0.15, 0.2) is 41.2 Å². The summed E-state index contributed by atoms with van der Waals surface area (Å²) in [6.45, 7) is -2.90. The number of nitrogens with one attached hydrogen (secondary N) is 1. The highest BCUT2D eigenvalue weighted by Crippen LogP contribution is 2.31. The molecule has 0 aromatic carbocycles. The van der Waals surface area contributed by atoms with Crippen molar-refractivity contribution in [2.75, 3.05) is 14.2 Å². The van der Waals surface area contributed by atoms with Crippen LogP contribution in [-0.4, -0.2) is 47.6 Å². The average Bonchev–Trinajstić information content (AvgIpc) is 3.04. The van der Waals surface area contributed by atoms with Gasteiger partial charge in [-0.15, -0.1) is 0 Å². The molecule has 1 aromatic heterocycles. The van der Waals surface area contributed by atoms with Crippen molar-refractivity contribution in [2.24, 2.45) is 4.99 Å². The summed E-state index contributed by atoms with van der Waals surface area (Å²) in [5.74, 6) is 1.00. The van der Waals surface area contributed by atoms with E-state index in [1.165, 1.54) is 32.6 Å². The number of rotatable bonds is 6. The number of hydrogen-bond donors (Lipinski definition) is 1. The topological polar surface area (TPSA) is 88.0 Å². The Hall–Kier alpha value is -2.33. The zero-order valence-electron chi connectivity index (χ0n) is 14.0. The lowest BCUT2D eigenvalue weighted by Gasteiger charge is -2.17. The first-order valence-electron chi connectivity index (χ1n) is 7.65. The number of nitrogens with zero attached hydrogens (tertiary/aromatic N) is 2. The molecule has 3 atom stereocenters. The van der Waals surface area contributed by atoms with Crippen LogP contribution >= 0.6 is 0 Å². The fourth-order valence-corrected chi connectivity index (χ4v) is 3.76. The number of halogens is 2. The van der Waals surface area contributed by atoms with Crippen LogP contribution in [0.1, 0.15) is 5.69 Å². The number of aromatic nitrogens is 1. The third kappa shape index (κ3) is 3.91. The Labute approximate surface area is 151 Å². The van der Waals surface area contributed by atoms with E-state index in [0.29, 0.717) is 17.2 Å². The molecule has 7 nitrogen and oxygen atoms in total. The molecule has 0 bridgehead atoms. The quantitative estimate of drug-likeness (QED) is 0.751. The van der Waals surface area contributed by atoms with Crippen LogP contribution in [0.25, 0.3) is 0 Å². The fourth-order valence-electron chi connectivity index (χ4n) is 2.66. The molecule has 3 unspecified atom stereocenters. The maximum absolute atomic E-state index is 12.7. The van der Waals surface area contributed by atoms with E-state index in [4.69, 9.17) is 9.47 Å². The SMILES string of the molecule is COc1ccnc(C[S+]([O-])C2=NC3C=C(OC(F)F)C=CC3N2)c1OC. The summed E-state index contributed by atoms with van der Waals surface area (Å²) in [7, 11) is 2.98. The molecule has 140 valence electrons. The van der Waals surface area contributed by atoms with Gasteiger partial charge in [-0.2, -0.15) is 8.78 Å². The molecule has 1 N–H and O–H groups in total. The minimum absolute atomic E-state index is 0.0370. The van der Waals surface area contributed by atoms with Crippen LogP contribution in [0.5, 0.6) is 11.5 Å². The minimum Gasteiger partial charge on any atom is -0.609 e. The zero-order chi connectivity index (χ0) is 18.7. The molecule has 1 aromatic rings. The predicted molar refractivity (Wildman–Crippen MR) is 91.6 cm³/mol. The third-order valence-electron chi connectivity index (χ3n) is 3.80. The molecule has 0 fully saturated rings. The number of allylic oxidation sites excluding steroid dienone is 1. The molecule has 2 heterocycles. The number of aliphatic imine (C=N–C) groups is 1. The Kier molecular flexibility index (Phi) is 5.62. The molecule has 0 saturated heterocycles. The number of amidine groups is 1. The van der Waals surface area contributed by atoms with Gasteiger partial charge in [-0.1, -0.05) is 6.08 Å². The highest BCUT2D eigenvalue weighted by molar-refractivity contribution is 8.05. The van der Waals surface area contributed by atoms with Gasteiger partial charge in [0.05, 0.1) is 20.3 Å². The number of ether oxygens (including phenoxy) is 3. The van der Waals surface area contributed by atoms with Crippen molar-refractivity contribution in [1.82, 2.24) is 10.3 Å².